The van der Waals surface area contributed by atoms with Crippen LogP contribution >= 0.6 is 34.4 Å². The van der Waals surface area contributed by atoms with Crippen molar-refractivity contribution < 1.29 is 18.7 Å². The molecule has 10 heteroatoms. The molecule has 1 aromatic carbocycles. The third-order valence-electron chi connectivity index (χ3n) is 4.89. The second-order valence-corrected chi connectivity index (χ2v) is 10.6. The Bertz CT molecular complexity index is 1510. The number of nitrogens with zero attached hydrogens (tertiary/aromatic N) is 3. The van der Waals surface area contributed by atoms with Crippen LogP contribution in [0, 0.1) is 29.6 Å². The predicted octanol–water partition coefficient (Wildman–Crippen LogP) is 6.18. The molecule has 0 spiro atoms. The molecule has 3 heterocycles. The maximum atomic E-state index is 12.9. The Morgan fingerprint density at radius 2 is 2.00 bits per heavy atom. The maximum Gasteiger partial charge on any atom is 0.348 e. The second-order valence-electron chi connectivity index (χ2n) is 7.16. The van der Waals surface area contributed by atoms with Crippen LogP contribution < -0.4 is 0 Å². The smallest absolute Gasteiger partial charge is 0.348 e. The fraction of sp³-hybridized carbons (Fsp3) is 0.160. The molecule has 35 heavy (non-hydrogen) atoms. The molecule has 0 N–H and O–H groups in total. The average Bonchev–Trinajstić information content (AvgIpc) is 3.54. The molecule has 4 aromatic rings. The molecule has 0 fully saturated rings. The van der Waals surface area contributed by atoms with Crippen molar-refractivity contribution in [3.8, 4) is 12.1 Å². The van der Waals surface area contributed by atoms with E-state index in [-0.39, 0.29) is 29.0 Å². The molecule has 0 aliphatic carbocycles. The molecule has 7 nitrogen and oxygen atoms in total. The van der Waals surface area contributed by atoms with E-state index in [0.29, 0.717) is 21.3 Å². The fourth-order valence-electron chi connectivity index (χ4n) is 3.24. The number of carbonyl (C=O) groups excluding carboxylic acids is 2. The van der Waals surface area contributed by atoms with Gasteiger partial charge in [-0.3, -0.25) is 4.79 Å². The molecular formula is C25H17N3O4S3. The number of ketones is 1. The van der Waals surface area contributed by atoms with E-state index >= 15 is 0 Å². The van der Waals surface area contributed by atoms with Crippen LogP contribution in [0.5, 0.6) is 0 Å². The molecule has 0 bridgehead atoms. The van der Waals surface area contributed by atoms with Crippen LogP contribution in [0.25, 0.3) is 16.3 Å². The van der Waals surface area contributed by atoms with Crippen LogP contribution in [0.4, 0.5) is 0 Å². The van der Waals surface area contributed by atoms with E-state index in [0.717, 1.165) is 25.9 Å². The number of aromatic nitrogens is 1. The quantitative estimate of drug-likeness (QED) is 0.154. The Morgan fingerprint density at radius 1 is 1.20 bits per heavy atom. The fourth-order valence-corrected chi connectivity index (χ4v) is 6.36. The lowest BCUT2D eigenvalue weighted by Crippen LogP contribution is -2.05. The molecule has 0 atom stereocenters. The Hall–Kier alpha value is -3.70. The molecule has 3 aromatic heterocycles. The minimum absolute atomic E-state index is 0.108. The highest BCUT2D eigenvalue weighted by Crippen LogP contribution is 2.35. The molecule has 0 saturated carbocycles. The van der Waals surface area contributed by atoms with Gasteiger partial charge in [-0.05, 0) is 55.4 Å². The van der Waals surface area contributed by atoms with Gasteiger partial charge in [-0.25, -0.2) is 9.78 Å². The minimum atomic E-state index is -0.532. The third-order valence-corrected chi connectivity index (χ3v) is 8.17. The number of rotatable bonds is 8. The van der Waals surface area contributed by atoms with Gasteiger partial charge in [0.2, 0.25) is 0 Å². The molecule has 0 amide bonds. The van der Waals surface area contributed by atoms with Crippen LogP contribution in [-0.2, 0) is 16.0 Å². The van der Waals surface area contributed by atoms with E-state index in [9.17, 15) is 20.1 Å². The number of para-hydroxylation sites is 1. The maximum absolute atomic E-state index is 12.9. The summed E-state index contributed by atoms with van der Waals surface area (Å²) in [5.74, 6) is -0.652. The van der Waals surface area contributed by atoms with Gasteiger partial charge >= 0.3 is 5.97 Å². The highest BCUT2D eigenvalue weighted by atomic mass is 32.2. The van der Waals surface area contributed by atoms with Gasteiger partial charge in [0, 0.05) is 17.4 Å². The first kappa shape index (κ1) is 24.4. The zero-order valence-corrected chi connectivity index (χ0v) is 21.1. The summed E-state index contributed by atoms with van der Waals surface area (Å²) in [5.41, 5.74) is 1.54. The normalized spacial score (nSPS) is 11.3. The molecule has 0 radical (unpaired) electrons. The van der Waals surface area contributed by atoms with E-state index < -0.39 is 11.8 Å². The Balaban J connectivity index is 1.51. The van der Waals surface area contributed by atoms with Gasteiger partial charge in [0.15, 0.2) is 15.2 Å². The largest absolute Gasteiger partial charge is 0.462 e. The van der Waals surface area contributed by atoms with E-state index in [2.05, 4.69) is 11.1 Å². The summed E-state index contributed by atoms with van der Waals surface area (Å²) in [5, 5.41) is 19.7. The lowest BCUT2D eigenvalue weighted by atomic mass is 10.0. The first-order valence-electron chi connectivity index (χ1n) is 10.4. The summed E-state index contributed by atoms with van der Waals surface area (Å²) in [4.78, 5) is 30.3. The molecule has 174 valence electrons. The average molecular weight is 520 g/mol. The van der Waals surface area contributed by atoms with Gasteiger partial charge in [-0.2, -0.15) is 10.5 Å². The molecule has 0 unspecified atom stereocenters. The summed E-state index contributed by atoms with van der Waals surface area (Å²) >= 11 is 3.95. The number of thiazole rings is 1. The first-order chi connectivity index (χ1) is 16.9. The van der Waals surface area contributed by atoms with Crippen molar-refractivity contribution in [2.45, 2.75) is 29.7 Å². The predicted molar refractivity (Wildman–Crippen MR) is 134 cm³/mol. The summed E-state index contributed by atoms with van der Waals surface area (Å²) in [7, 11) is 0. The Morgan fingerprint density at radius 3 is 2.71 bits per heavy atom. The highest BCUT2D eigenvalue weighted by molar-refractivity contribution is 8.01. The number of hydrogen-bond donors (Lipinski definition) is 0. The minimum Gasteiger partial charge on any atom is -0.462 e. The number of hydrogen-bond acceptors (Lipinski definition) is 10. The van der Waals surface area contributed by atoms with Gasteiger partial charge in [0.1, 0.15) is 22.8 Å². The number of fused-ring (bicyclic) bond motifs is 1. The number of Topliss-reactive ketones (excluding diaryl/α,β-unsaturated/α-hetero) is 1. The van der Waals surface area contributed by atoms with Gasteiger partial charge in [0.05, 0.1) is 28.0 Å². The van der Waals surface area contributed by atoms with Crippen molar-refractivity contribution in [3.05, 3.63) is 68.6 Å². The summed E-state index contributed by atoms with van der Waals surface area (Å²) in [6.45, 7) is 3.54. The van der Waals surface area contributed by atoms with Gasteiger partial charge in [-0.1, -0.05) is 12.1 Å². The topological polar surface area (TPSA) is 117 Å². The Labute approximate surface area is 213 Å². The Kier molecular flexibility index (Phi) is 7.47. The van der Waals surface area contributed by atoms with Crippen molar-refractivity contribution in [2.24, 2.45) is 0 Å². The summed E-state index contributed by atoms with van der Waals surface area (Å²) < 4.78 is 12.7. The number of nitriles is 2. The SMILES string of the molecule is CCOC(=O)c1sc(CC(=O)/C(C#N)=C/c2ccc(Sc3nc4ccccc4s3)o2)c(C#N)c1C. The molecule has 0 saturated heterocycles. The molecule has 0 aliphatic rings. The number of thiophene rings is 1. The molecule has 4 rings (SSSR count). The highest BCUT2D eigenvalue weighted by Gasteiger charge is 2.23. The van der Waals surface area contributed by atoms with Gasteiger partial charge < -0.3 is 9.15 Å². The summed E-state index contributed by atoms with van der Waals surface area (Å²) in [6.07, 6.45) is 1.20. The third kappa shape index (κ3) is 5.36. The number of furan rings is 1. The van der Waals surface area contributed by atoms with Crippen molar-refractivity contribution in [1.29, 1.82) is 10.5 Å². The summed E-state index contributed by atoms with van der Waals surface area (Å²) in [6, 6.07) is 15.2. The van der Waals surface area contributed by atoms with Crippen LogP contribution in [0.1, 0.15) is 38.4 Å². The van der Waals surface area contributed by atoms with Gasteiger partial charge in [0.25, 0.3) is 0 Å². The van der Waals surface area contributed by atoms with E-state index in [1.807, 2.05) is 30.3 Å². The second kappa shape index (κ2) is 10.7. The van der Waals surface area contributed by atoms with Crippen LogP contribution in [0.15, 0.2) is 55.8 Å². The number of esters is 1. The zero-order valence-electron chi connectivity index (χ0n) is 18.7. The van der Waals surface area contributed by atoms with E-state index in [1.54, 1.807) is 37.3 Å². The number of ether oxygens (including phenoxy) is 1. The van der Waals surface area contributed by atoms with Crippen molar-refractivity contribution in [2.75, 3.05) is 6.61 Å². The number of allylic oxidation sites excluding steroid dienone is 1. The monoisotopic (exact) mass is 519 g/mol. The van der Waals surface area contributed by atoms with Crippen LogP contribution in [-0.4, -0.2) is 23.3 Å². The lowest BCUT2D eigenvalue weighted by molar-refractivity contribution is -0.114. The van der Waals surface area contributed by atoms with E-state index in [1.165, 1.54) is 17.8 Å². The molecule has 0 aliphatic heterocycles. The van der Waals surface area contributed by atoms with Gasteiger partial charge in [-0.15, -0.1) is 22.7 Å². The standard InChI is InChI=1S/C25H17N3O4S3/c1-3-31-24(30)23-14(2)17(13-27)21(33-23)11-19(29)15(12-26)10-16-8-9-22(32-16)35-25-28-18-6-4-5-7-20(18)34-25/h4-10H,3,11H2,1-2H3/b15-10+. The zero-order chi connectivity index (χ0) is 24.9. The number of carbonyl (C=O) groups is 2. The van der Waals surface area contributed by atoms with Crippen LogP contribution in [0.2, 0.25) is 0 Å². The van der Waals surface area contributed by atoms with E-state index in [4.69, 9.17) is 9.15 Å². The molecular weight excluding hydrogens is 502 g/mol. The van der Waals surface area contributed by atoms with Crippen molar-refractivity contribution in [3.63, 3.8) is 0 Å². The lowest BCUT2D eigenvalue weighted by Gasteiger charge is -1.99. The first-order valence-corrected chi connectivity index (χ1v) is 12.9. The number of benzene rings is 1. The van der Waals surface area contributed by atoms with Crippen molar-refractivity contribution >= 4 is 62.5 Å². The van der Waals surface area contributed by atoms with Crippen LogP contribution in [0.3, 0.4) is 0 Å². The van der Waals surface area contributed by atoms with Crippen molar-refractivity contribution in [1.82, 2.24) is 4.98 Å².